The van der Waals surface area contributed by atoms with Crippen LogP contribution in [0, 0.1) is 0 Å². The molecule has 1 saturated heterocycles. The van der Waals surface area contributed by atoms with Gasteiger partial charge >= 0.3 is 0 Å². The molecule has 1 aliphatic rings. The highest BCUT2D eigenvalue weighted by Gasteiger charge is 2.24. The van der Waals surface area contributed by atoms with Gasteiger partial charge in [0.25, 0.3) is 0 Å². The van der Waals surface area contributed by atoms with Crippen molar-refractivity contribution in [3.8, 4) is 5.88 Å². The molecular weight excluding hydrogens is 290 g/mol. The van der Waals surface area contributed by atoms with Crippen molar-refractivity contribution >= 4 is 28.3 Å². The van der Waals surface area contributed by atoms with Crippen molar-refractivity contribution in [1.29, 1.82) is 0 Å². The summed E-state index contributed by atoms with van der Waals surface area (Å²) in [5.41, 5.74) is 0. The molecule has 0 unspecified atom stereocenters. The molecule has 3 rings (SSSR count). The number of benzene rings is 1. The lowest BCUT2D eigenvalue weighted by Gasteiger charge is -2.32. The van der Waals surface area contributed by atoms with E-state index in [9.17, 15) is 4.79 Å². The van der Waals surface area contributed by atoms with Crippen molar-refractivity contribution in [3.05, 3.63) is 29.4 Å². The van der Waals surface area contributed by atoms with E-state index in [1.807, 2.05) is 24.3 Å². The van der Waals surface area contributed by atoms with E-state index in [0.717, 1.165) is 30.2 Å². The predicted molar refractivity (Wildman–Crippen MR) is 80.5 cm³/mol. The van der Waals surface area contributed by atoms with Crippen LogP contribution in [0.3, 0.4) is 0 Å². The maximum Gasteiger partial charge on any atom is 0.241 e. The number of fused-ring (bicyclic) bond motifs is 1. The Morgan fingerprint density at radius 1 is 1.33 bits per heavy atom. The van der Waals surface area contributed by atoms with Crippen LogP contribution in [-0.4, -0.2) is 40.2 Å². The number of ether oxygens (including phenoxy) is 1. The quantitative estimate of drug-likeness (QED) is 0.856. The minimum Gasteiger partial charge on any atom is -0.471 e. The smallest absolute Gasteiger partial charge is 0.241 e. The first-order valence-corrected chi connectivity index (χ1v) is 7.36. The monoisotopic (exact) mass is 305 g/mol. The molecule has 0 bridgehead atoms. The van der Waals surface area contributed by atoms with Crippen molar-refractivity contribution in [1.82, 2.24) is 15.1 Å². The molecule has 6 heteroatoms. The average Bonchev–Trinajstić information content (AvgIpc) is 2.51. The molecule has 2 heterocycles. The van der Waals surface area contributed by atoms with E-state index in [4.69, 9.17) is 16.3 Å². The van der Waals surface area contributed by atoms with Crippen molar-refractivity contribution in [2.45, 2.75) is 25.9 Å². The molecule has 1 aromatic carbocycles. The Kier molecular flexibility index (Phi) is 3.92. The lowest BCUT2D eigenvalue weighted by molar-refractivity contribution is -0.131. The van der Waals surface area contributed by atoms with Gasteiger partial charge in [-0.2, -0.15) is 0 Å². The van der Waals surface area contributed by atoms with Gasteiger partial charge in [0.2, 0.25) is 11.8 Å². The van der Waals surface area contributed by atoms with Crippen LogP contribution < -0.4 is 4.74 Å². The summed E-state index contributed by atoms with van der Waals surface area (Å²) in [5, 5.41) is 10.0. The normalized spacial score (nSPS) is 18.8. The minimum absolute atomic E-state index is 0.0541. The fraction of sp³-hybridized carbons (Fsp3) is 0.400. The summed E-state index contributed by atoms with van der Waals surface area (Å²) in [6.07, 6.45) is 1.78. The number of aromatic nitrogens is 2. The third kappa shape index (κ3) is 2.93. The largest absolute Gasteiger partial charge is 0.471 e. The fourth-order valence-electron chi connectivity index (χ4n) is 2.61. The zero-order chi connectivity index (χ0) is 14.8. The second kappa shape index (κ2) is 5.85. The standard InChI is InChI=1S/C15H16ClN3O2/c1-10(20)19-8-4-5-11(9-19)21-15-13-7-3-2-6-12(13)14(16)17-18-15/h2-3,6-7,11H,4-5,8-9H2,1H3/t11-/m1/s1. The first-order valence-electron chi connectivity index (χ1n) is 6.98. The molecule has 0 aliphatic carbocycles. The van der Waals surface area contributed by atoms with Crippen LogP contribution in [-0.2, 0) is 4.79 Å². The van der Waals surface area contributed by atoms with Crippen LogP contribution in [0.2, 0.25) is 5.15 Å². The number of likely N-dealkylation sites (tertiary alicyclic amines) is 1. The minimum atomic E-state index is -0.0541. The highest BCUT2D eigenvalue weighted by molar-refractivity contribution is 6.34. The summed E-state index contributed by atoms with van der Waals surface area (Å²) in [5.74, 6) is 0.556. The Morgan fingerprint density at radius 2 is 2.10 bits per heavy atom. The van der Waals surface area contributed by atoms with E-state index in [2.05, 4.69) is 10.2 Å². The molecule has 1 atom stereocenters. The number of carbonyl (C=O) groups excluding carboxylic acids is 1. The van der Waals surface area contributed by atoms with E-state index in [0.29, 0.717) is 17.6 Å². The molecule has 1 aliphatic heterocycles. The van der Waals surface area contributed by atoms with E-state index in [-0.39, 0.29) is 12.0 Å². The molecular formula is C15H16ClN3O2. The highest BCUT2D eigenvalue weighted by atomic mass is 35.5. The molecule has 0 N–H and O–H groups in total. The van der Waals surface area contributed by atoms with Crippen LogP contribution in [0.25, 0.3) is 10.8 Å². The summed E-state index contributed by atoms with van der Waals surface area (Å²) >= 11 is 6.05. The van der Waals surface area contributed by atoms with Crippen molar-refractivity contribution in [2.24, 2.45) is 0 Å². The van der Waals surface area contributed by atoms with Crippen molar-refractivity contribution in [2.75, 3.05) is 13.1 Å². The molecule has 21 heavy (non-hydrogen) atoms. The Labute approximate surface area is 127 Å². The van der Waals surface area contributed by atoms with Gasteiger partial charge in [0.05, 0.1) is 6.54 Å². The summed E-state index contributed by atoms with van der Waals surface area (Å²) in [7, 11) is 0. The van der Waals surface area contributed by atoms with Crippen molar-refractivity contribution in [3.63, 3.8) is 0 Å². The number of halogens is 1. The van der Waals surface area contributed by atoms with Gasteiger partial charge < -0.3 is 9.64 Å². The Morgan fingerprint density at radius 3 is 2.86 bits per heavy atom. The van der Waals surface area contributed by atoms with Gasteiger partial charge in [0.1, 0.15) is 6.10 Å². The average molecular weight is 306 g/mol. The van der Waals surface area contributed by atoms with Gasteiger partial charge in [-0.25, -0.2) is 0 Å². The van der Waals surface area contributed by atoms with Gasteiger partial charge in [0, 0.05) is 24.2 Å². The van der Waals surface area contributed by atoms with Gasteiger partial charge in [-0.05, 0) is 18.9 Å². The van der Waals surface area contributed by atoms with Crippen LogP contribution >= 0.6 is 11.6 Å². The van der Waals surface area contributed by atoms with Crippen LogP contribution in [0.1, 0.15) is 19.8 Å². The molecule has 0 spiro atoms. The Hall–Kier alpha value is -1.88. The third-order valence-electron chi connectivity index (χ3n) is 3.71. The topological polar surface area (TPSA) is 55.3 Å². The van der Waals surface area contributed by atoms with E-state index in [1.165, 1.54) is 0 Å². The molecule has 110 valence electrons. The first-order chi connectivity index (χ1) is 10.1. The fourth-order valence-corrected chi connectivity index (χ4v) is 2.81. The van der Waals surface area contributed by atoms with Crippen LogP contribution in [0.5, 0.6) is 5.88 Å². The highest BCUT2D eigenvalue weighted by Crippen LogP contribution is 2.28. The zero-order valence-electron chi connectivity index (χ0n) is 11.8. The number of hydrogen-bond acceptors (Lipinski definition) is 4. The van der Waals surface area contributed by atoms with Crippen molar-refractivity contribution < 1.29 is 9.53 Å². The van der Waals surface area contributed by atoms with Gasteiger partial charge in [-0.1, -0.05) is 29.8 Å². The summed E-state index contributed by atoms with van der Waals surface area (Å²) in [6, 6.07) is 7.62. The summed E-state index contributed by atoms with van der Waals surface area (Å²) in [6.45, 7) is 2.97. The molecule has 0 radical (unpaired) electrons. The maximum atomic E-state index is 11.5. The molecule has 1 aromatic heterocycles. The second-order valence-electron chi connectivity index (χ2n) is 5.19. The molecule has 2 aromatic rings. The second-order valence-corrected chi connectivity index (χ2v) is 5.55. The van der Waals surface area contributed by atoms with Gasteiger partial charge in [-0.15, -0.1) is 10.2 Å². The number of nitrogens with zero attached hydrogens (tertiary/aromatic N) is 3. The predicted octanol–water partition coefficient (Wildman–Crippen LogP) is 2.67. The molecule has 1 amide bonds. The first kappa shape index (κ1) is 14.1. The van der Waals surface area contributed by atoms with Gasteiger partial charge in [0.15, 0.2) is 5.15 Å². The molecule has 1 fully saturated rings. The lowest BCUT2D eigenvalue weighted by Crippen LogP contribution is -2.43. The third-order valence-corrected chi connectivity index (χ3v) is 3.99. The van der Waals surface area contributed by atoms with E-state index < -0.39 is 0 Å². The van der Waals surface area contributed by atoms with Gasteiger partial charge in [-0.3, -0.25) is 4.79 Å². The van der Waals surface area contributed by atoms with Crippen LogP contribution in [0.4, 0.5) is 0 Å². The van der Waals surface area contributed by atoms with E-state index >= 15 is 0 Å². The zero-order valence-corrected chi connectivity index (χ0v) is 12.5. The Balaban J connectivity index is 1.85. The number of rotatable bonds is 2. The number of piperidine rings is 1. The number of hydrogen-bond donors (Lipinski definition) is 0. The molecule has 5 nitrogen and oxygen atoms in total. The number of carbonyl (C=O) groups is 1. The maximum absolute atomic E-state index is 11.5. The molecule has 0 saturated carbocycles. The summed E-state index contributed by atoms with van der Waals surface area (Å²) < 4.78 is 5.98. The SMILES string of the molecule is CC(=O)N1CCC[C@@H](Oc2nnc(Cl)c3ccccc23)C1. The Bertz CT molecular complexity index is 677. The number of amides is 1. The van der Waals surface area contributed by atoms with Crippen LogP contribution in [0.15, 0.2) is 24.3 Å². The summed E-state index contributed by atoms with van der Waals surface area (Å²) in [4.78, 5) is 13.3. The van der Waals surface area contributed by atoms with E-state index in [1.54, 1.807) is 11.8 Å². The lowest BCUT2D eigenvalue weighted by atomic mass is 10.1.